The normalized spacial score (nSPS) is 12.9. The average molecular weight is 389 g/mol. The molecule has 6 heteroatoms. The second kappa shape index (κ2) is 9.97. The number of amides is 2. The Kier molecular flexibility index (Phi) is 7.67. The van der Waals surface area contributed by atoms with E-state index in [1.807, 2.05) is 69.3 Å². The fourth-order valence-electron chi connectivity index (χ4n) is 2.63. The smallest absolute Gasteiger partial charge is 0.408 e. The zero-order valence-corrected chi connectivity index (χ0v) is 16.5. The first-order valence-electron chi connectivity index (χ1n) is 8.90. The molecule has 0 heterocycles. The second-order valence-electron chi connectivity index (χ2n) is 6.68. The Labute approximate surface area is 165 Å². The maximum Gasteiger partial charge on any atom is 0.408 e. The van der Waals surface area contributed by atoms with Crippen molar-refractivity contribution in [2.75, 3.05) is 0 Å². The molecule has 0 saturated carbocycles. The van der Waals surface area contributed by atoms with Gasteiger partial charge in [0.25, 0.3) is 0 Å². The highest BCUT2D eigenvalue weighted by atomic mass is 35.5. The van der Waals surface area contributed by atoms with Crippen LogP contribution in [0.3, 0.4) is 0 Å². The Morgan fingerprint density at radius 2 is 1.59 bits per heavy atom. The maximum absolute atomic E-state index is 12.7. The lowest BCUT2D eigenvalue weighted by atomic mass is 10.0. The van der Waals surface area contributed by atoms with E-state index in [1.165, 1.54) is 0 Å². The van der Waals surface area contributed by atoms with Crippen molar-refractivity contribution >= 4 is 23.6 Å². The number of benzene rings is 2. The summed E-state index contributed by atoms with van der Waals surface area (Å²) in [4.78, 5) is 24.8. The summed E-state index contributed by atoms with van der Waals surface area (Å²) in [5.74, 6) is -0.387. The lowest BCUT2D eigenvalue weighted by Crippen LogP contribution is -2.50. The molecule has 0 aromatic heterocycles. The molecule has 2 N–H and O–H groups in total. The van der Waals surface area contributed by atoms with Crippen molar-refractivity contribution in [1.29, 1.82) is 0 Å². The van der Waals surface area contributed by atoms with Crippen LogP contribution in [0.5, 0.6) is 0 Å². The van der Waals surface area contributed by atoms with E-state index in [-0.39, 0.29) is 24.5 Å². The van der Waals surface area contributed by atoms with Gasteiger partial charge in [0.1, 0.15) is 12.6 Å². The van der Waals surface area contributed by atoms with Crippen LogP contribution >= 0.6 is 11.6 Å². The molecule has 2 aromatic rings. The van der Waals surface area contributed by atoms with Crippen LogP contribution < -0.4 is 10.6 Å². The summed E-state index contributed by atoms with van der Waals surface area (Å²) in [5.41, 5.74) is 1.70. The maximum atomic E-state index is 12.7. The van der Waals surface area contributed by atoms with E-state index >= 15 is 0 Å². The molecule has 2 amide bonds. The molecular formula is C21H25ClN2O3. The van der Waals surface area contributed by atoms with Gasteiger partial charge in [-0.3, -0.25) is 4.79 Å². The topological polar surface area (TPSA) is 67.4 Å². The molecule has 2 rings (SSSR count). The molecule has 0 aliphatic carbocycles. The first kappa shape index (κ1) is 20.8. The van der Waals surface area contributed by atoms with Crippen molar-refractivity contribution in [2.45, 2.75) is 39.5 Å². The Morgan fingerprint density at radius 1 is 0.963 bits per heavy atom. The molecule has 0 fully saturated rings. The van der Waals surface area contributed by atoms with Gasteiger partial charge in [0.05, 0.1) is 6.04 Å². The molecule has 0 aliphatic heterocycles. The van der Waals surface area contributed by atoms with Crippen molar-refractivity contribution in [3.8, 4) is 0 Å². The molecule has 0 spiro atoms. The van der Waals surface area contributed by atoms with Gasteiger partial charge in [-0.15, -0.1) is 0 Å². The number of hydrogen-bond acceptors (Lipinski definition) is 3. The predicted molar refractivity (Wildman–Crippen MR) is 106 cm³/mol. The lowest BCUT2D eigenvalue weighted by Gasteiger charge is -2.24. The van der Waals surface area contributed by atoms with Crippen molar-refractivity contribution in [2.24, 2.45) is 5.92 Å². The average Bonchev–Trinajstić information content (AvgIpc) is 2.65. The fourth-order valence-corrected chi connectivity index (χ4v) is 2.93. The monoisotopic (exact) mass is 388 g/mol. The van der Waals surface area contributed by atoms with E-state index in [1.54, 1.807) is 6.07 Å². The highest BCUT2D eigenvalue weighted by molar-refractivity contribution is 6.31. The third-order valence-electron chi connectivity index (χ3n) is 4.17. The highest BCUT2D eigenvalue weighted by Crippen LogP contribution is 2.22. The molecule has 144 valence electrons. The molecule has 2 atom stereocenters. The summed E-state index contributed by atoms with van der Waals surface area (Å²) in [6.45, 7) is 5.73. The first-order chi connectivity index (χ1) is 12.9. The van der Waals surface area contributed by atoms with E-state index in [0.29, 0.717) is 5.02 Å². The molecule has 0 radical (unpaired) electrons. The van der Waals surface area contributed by atoms with E-state index in [9.17, 15) is 9.59 Å². The fraction of sp³-hybridized carbons (Fsp3) is 0.333. The van der Waals surface area contributed by atoms with Gasteiger partial charge < -0.3 is 15.4 Å². The second-order valence-corrected chi connectivity index (χ2v) is 7.09. The zero-order chi connectivity index (χ0) is 19.8. The van der Waals surface area contributed by atoms with Crippen LogP contribution in [0.25, 0.3) is 0 Å². The number of alkyl carbamates (subject to hydrolysis) is 1. The van der Waals surface area contributed by atoms with Crippen LogP contribution in [0.1, 0.15) is 37.9 Å². The van der Waals surface area contributed by atoms with Crippen molar-refractivity contribution in [1.82, 2.24) is 10.6 Å². The van der Waals surface area contributed by atoms with Crippen LogP contribution in [-0.2, 0) is 16.1 Å². The van der Waals surface area contributed by atoms with E-state index < -0.39 is 12.1 Å². The zero-order valence-electron chi connectivity index (χ0n) is 15.7. The number of halogens is 1. The van der Waals surface area contributed by atoms with Crippen molar-refractivity contribution in [3.05, 3.63) is 70.7 Å². The van der Waals surface area contributed by atoms with Gasteiger partial charge in [-0.05, 0) is 30.0 Å². The van der Waals surface area contributed by atoms with Crippen LogP contribution in [0, 0.1) is 5.92 Å². The summed E-state index contributed by atoms with van der Waals surface area (Å²) in [6, 6.07) is 15.7. The number of hydrogen-bond donors (Lipinski definition) is 2. The number of carbonyl (C=O) groups excluding carboxylic acids is 2. The van der Waals surface area contributed by atoms with Crippen LogP contribution in [0.15, 0.2) is 54.6 Å². The van der Waals surface area contributed by atoms with Crippen LogP contribution in [0.4, 0.5) is 4.79 Å². The Hall–Kier alpha value is -2.53. The lowest BCUT2D eigenvalue weighted by molar-refractivity contribution is -0.124. The van der Waals surface area contributed by atoms with Gasteiger partial charge >= 0.3 is 6.09 Å². The van der Waals surface area contributed by atoms with E-state index in [0.717, 1.165) is 11.1 Å². The number of ether oxygens (including phenoxy) is 1. The number of nitrogens with one attached hydrogen (secondary N) is 2. The van der Waals surface area contributed by atoms with E-state index in [2.05, 4.69) is 10.6 Å². The quantitative estimate of drug-likeness (QED) is 0.735. The van der Waals surface area contributed by atoms with Crippen molar-refractivity contribution < 1.29 is 14.3 Å². The summed E-state index contributed by atoms with van der Waals surface area (Å²) in [5, 5.41) is 6.14. The number of rotatable bonds is 7. The Morgan fingerprint density at radius 3 is 2.22 bits per heavy atom. The molecule has 5 nitrogen and oxygen atoms in total. The Balaban J connectivity index is 1.94. The number of carbonyl (C=O) groups is 2. The third-order valence-corrected chi connectivity index (χ3v) is 4.51. The van der Waals surface area contributed by atoms with Gasteiger partial charge in [-0.1, -0.05) is 74.0 Å². The van der Waals surface area contributed by atoms with Gasteiger partial charge in [0.2, 0.25) is 5.91 Å². The van der Waals surface area contributed by atoms with Crippen LogP contribution in [0.2, 0.25) is 5.02 Å². The summed E-state index contributed by atoms with van der Waals surface area (Å²) in [7, 11) is 0. The van der Waals surface area contributed by atoms with Gasteiger partial charge in [-0.25, -0.2) is 4.79 Å². The van der Waals surface area contributed by atoms with Gasteiger partial charge in [0.15, 0.2) is 0 Å². The van der Waals surface area contributed by atoms with E-state index in [4.69, 9.17) is 16.3 Å². The predicted octanol–water partition coefficient (Wildman–Crippen LogP) is 4.47. The van der Waals surface area contributed by atoms with Crippen molar-refractivity contribution in [3.63, 3.8) is 0 Å². The molecule has 0 aliphatic rings. The minimum atomic E-state index is -0.710. The molecule has 2 unspecified atom stereocenters. The Bertz CT molecular complexity index is 765. The molecule has 0 saturated heterocycles. The van der Waals surface area contributed by atoms with Gasteiger partial charge in [-0.2, -0.15) is 0 Å². The summed E-state index contributed by atoms with van der Waals surface area (Å²) >= 11 is 6.19. The SMILES string of the molecule is CC(NC(=O)C(NC(=O)OCc1ccccc1)C(C)C)c1ccccc1Cl. The van der Waals surface area contributed by atoms with Gasteiger partial charge in [0, 0.05) is 5.02 Å². The molecular weight excluding hydrogens is 364 g/mol. The largest absolute Gasteiger partial charge is 0.445 e. The molecule has 0 bridgehead atoms. The molecule has 27 heavy (non-hydrogen) atoms. The molecule has 2 aromatic carbocycles. The summed E-state index contributed by atoms with van der Waals surface area (Å²) < 4.78 is 5.22. The first-order valence-corrected chi connectivity index (χ1v) is 9.28. The van der Waals surface area contributed by atoms with Crippen LogP contribution in [-0.4, -0.2) is 18.0 Å². The highest BCUT2D eigenvalue weighted by Gasteiger charge is 2.26. The standard InChI is InChI=1S/C21H25ClN2O3/c1-14(2)19(24-21(26)27-13-16-9-5-4-6-10-16)20(25)23-15(3)17-11-7-8-12-18(17)22/h4-12,14-15,19H,13H2,1-3H3,(H,23,25)(H,24,26). The minimum absolute atomic E-state index is 0.104. The third kappa shape index (κ3) is 6.29. The minimum Gasteiger partial charge on any atom is -0.445 e. The summed E-state index contributed by atoms with van der Waals surface area (Å²) in [6.07, 6.45) is -0.627.